The molecule has 0 saturated heterocycles. The van der Waals surface area contributed by atoms with Crippen LogP contribution >= 0.6 is 0 Å². The van der Waals surface area contributed by atoms with Crippen LogP contribution in [0.25, 0.3) is 11.3 Å². The molecule has 1 atom stereocenters. The quantitative estimate of drug-likeness (QED) is 0.532. The van der Waals surface area contributed by atoms with Crippen molar-refractivity contribution in [3.8, 4) is 34.3 Å². The summed E-state index contributed by atoms with van der Waals surface area (Å²) in [6, 6.07) is 13.0. The van der Waals surface area contributed by atoms with E-state index in [9.17, 15) is 9.59 Å². The minimum Gasteiger partial charge on any atom is -0.497 e. The van der Waals surface area contributed by atoms with Crippen LogP contribution in [-0.4, -0.2) is 44.1 Å². The molecule has 0 aliphatic rings. The zero-order chi connectivity index (χ0) is 24.0. The number of aromatic nitrogens is 2. The van der Waals surface area contributed by atoms with E-state index in [-0.39, 0.29) is 18.0 Å². The van der Waals surface area contributed by atoms with E-state index in [2.05, 4.69) is 10.4 Å². The number of methoxy groups -OCH3 is 4. The lowest BCUT2D eigenvalue weighted by molar-refractivity contribution is -0.124. The van der Waals surface area contributed by atoms with E-state index in [4.69, 9.17) is 18.9 Å². The van der Waals surface area contributed by atoms with E-state index in [1.54, 1.807) is 44.4 Å². The Morgan fingerprint density at radius 1 is 0.939 bits per heavy atom. The first-order valence-corrected chi connectivity index (χ1v) is 10.2. The molecule has 2 aromatic carbocycles. The van der Waals surface area contributed by atoms with Crippen molar-refractivity contribution in [2.75, 3.05) is 28.4 Å². The van der Waals surface area contributed by atoms with Gasteiger partial charge < -0.3 is 24.3 Å². The van der Waals surface area contributed by atoms with Crippen LogP contribution < -0.4 is 29.8 Å². The number of carbonyl (C=O) groups is 1. The molecule has 1 amide bonds. The summed E-state index contributed by atoms with van der Waals surface area (Å²) in [7, 11) is 6.16. The van der Waals surface area contributed by atoms with E-state index >= 15 is 0 Å². The first kappa shape index (κ1) is 23.6. The smallest absolute Gasteiger partial charge is 0.267 e. The van der Waals surface area contributed by atoms with Gasteiger partial charge in [0, 0.05) is 18.2 Å². The molecule has 9 heteroatoms. The third-order valence-corrected chi connectivity index (χ3v) is 5.15. The Bertz CT molecular complexity index is 1150. The maximum absolute atomic E-state index is 12.8. The molecular formula is C24H27N3O6. The second kappa shape index (κ2) is 10.5. The number of benzene rings is 2. The molecule has 0 saturated carbocycles. The van der Waals surface area contributed by atoms with Gasteiger partial charge in [-0.05, 0) is 55.0 Å². The van der Waals surface area contributed by atoms with Crippen molar-refractivity contribution in [3.63, 3.8) is 0 Å². The minimum absolute atomic E-state index is 0.201. The summed E-state index contributed by atoms with van der Waals surface area (Å²) in [4.78, 5) is 25.2. The summed E-state index contributed by atoms with van der Waals surface area (Å²) in [5, 5.41) is 7.23. The predicted octanol–water partition coefficient (Wildman–Crippen LogP) is 2.82. The fourth-order valence-corrected chi connectivity index (χ4v) is 3.30. The molecule has 1 unspecified atom stereocenters. The van der Waals surface area contributed by atoms with Crippen LogP contribution in [0.3, 0.4) is 0 Å². The van der Waals surface area contributed by atoms with Crippen molar-refractivity contribution in [1.29, 1.82) is 0 Å². The predicted molar refractivity (Wildman–Crippen MR) is 123 cm³/mol. The van der Waals surface area contributed by atoms with Gasteiger partial charge in [0.05, 0.1) is 34.1 Å². The van der Waals surface area contributed by atoms with Crippen molar-refractivity contribution >= 4 is 5.91 Å². The lowest BCUT2D eigenvalue weighted by Gasteiger charge is -2.17. The summed E-state index contributed by atoms with van der Waals surface area (Å²) in [6.45, 7) is 1.82. The van der Waals surface area contributed by atoms with Gasteiger partial charge in [0.15, 0.2) is 11.5 Å². The largest absolute Gasteiger partial charge is 0.497 e. The van der Waals surface area contributed by atoms with Crippen molar-refractivity contribution < 1.29 is 23.7 Å². The first-order valence-electron chi connectivity index (χ1n) is 10.2. The monoisotopic (exact) mass is 453 g/mol. The van der Waals surface area contributed by atoms with Crippen LogP contribution in [0, 0.1) is 0 Å². The Labute approximate surface area is 191 Å². The Morgan fingerprint density at radius 3 is 2.12 bits per heavy atom. The number of ether oxygens (including phenoxy) is 4. The molecule has 174 valence electrons. The summed E-state index contributed by atoms with van der Waals surface area (Å²) in [5.74, 6) is 1.80. The van der Waals surface area contributed by atoms with Crippen LogP contribution in [0.5, 0.6) is 23.0 Å². The molecule has 0 aliphatic carbocycles. The summed E-state index contributed by atoms with van der Waals surface area (Å²) >= 11 is 0. The van der Waals surface area contributed by atoms with Gasteiger partial charge in [-0.3, -0.25) is 9.59 Å². The Kier molecular flexibility index (Phi) is 7.55. The Balaban J connectivity index is 1.78. The molecule has 33 heavy (non-hydrogen) atoms. The number of carbonyl (C=O) groups excluding carboxylic acids is 1. The van der Waals surface area contributed by atoms with Crippen molar-refractivity contribution in [1.82, 2.24) is 15.1 Å². The zero-order valence-electron chi connectivity index (χ0n) is 19.2. The first-order chi connectivity index (χ1) is 15.9. The second-order valence-corrected chi connectivity index (χ2v) is 7.16. The SMILES string of the molecule is COc1ccc(-c2ccc(=O)n(C(C)C(=O)NCc3cc(OC)c(OC)c(OC)c3)n2)cc1. The summed E-state index contributed by atoms with van der Waals surface area (Å²) in [6.07, 6.45) is 0. The van der Waals surface area contributed by atoms with Gasteiger partial charge >= 0.3 is 0 Å². The summed E-state index contributed by atoms with van der Waals surface area (Å²) < 4.78 is 22.4. The number of nitrogens with zero attached hydrogens (tertiary/aromatic N) is 2. The number of hydrogen-bond acceptors (Lipinski definition) is 7. The molecule has 9 nitrogen and oxygen atoms in total. The van der Waals surface area contributed by atoms with Crippen LogP contribution in [0.1, 0.15) is 18.5 Å². The van der Waals surface area contributed by atoms with Gasteiger partial charge in [0.2, 0.25) is 11.7 Å². The van der Waals surface area contributed by atoms with Crippen LogP contribution in [0.4, 0.5) is 0 Å². The standard InChI is InChI=1S/C24H27N3O6/c1-15(24(29)25-14-16-12-20(31-3)23(33-5)21(13-16)32-4)27-22(28)11-10-19(26-27)17-6-8-18(30-2)9-7-17/h6-13,15H,14H2,1-5H3,(H,25,29). The molecule has 1 aromatic heterocycles. The van der Waals surface area contributed by atoms with Gasteiger partial charge in [-0.25, -0.2) is 4.68 Å². The van der Waals surface area contributed by atoms with Gasteiger partial charge in [0.25, 0.3) is 5.56 Å². The van der Waals surface area contributed by atoms with E-state index in [1.165, 1.54) is 32.1 Å². The van der Waals surface area contributed by atoms with E-state index in [0.29, 0.717) is 28.7 Å². The highest BCUT2D eigenvalue weighted by molar-refractivity contribution is 5.79. The summed E-state index contributed by atoms with van der Waals surface area (Å²) in [5.41, 5.74) is 1.75. The van der Waals surface area contributed by atoms with Crippen LogP contribution in [0.2, 0.25) is 0 Å². The molecule has 0 radical (unpaired) electrons. The van der Waals surface area contributed by atoms with E-state index in [1.807, 2.05) is 12.1 Å². The average Bonchev–Trinajstić information content (AvgIpc) is 2.86. The zero-order valence-corrected chi connectivity index (χ0v) is 19.2. The topological polar surface area (TPSA) is 101 Å². The fourth-order valence-electron chi connectivity index (χ4n) is 3.30. The molecule has 0 bridgehead atoms. The third-order valence-electron chi connectivity index (χ3n) is 5.15. The molecular weight excluding hydrogens is 426 g/mol. The number of nitrogens with one attached hydrogen (secondary N) is 1. The molecule has 0 aliphatic heterocycles. The molecule has 3 aromatic rings. The maximum atomic E-state index is 12.8. The molecule has 1 N–H and O–H groups in total. The number of rotatable bonds is 9. The molecule has 0 spiro atoms. The van der Waals surface area contributed by atoms with Gasteiger partial charge in [-0.1, -0.05) is 0 Å². The van der Waals surface area contributed by atoms with E-state index in [0.717, 1.165) is 11.1 Å². The maximum Gasteiger partial charge on any atom is 0.267 e. The van der Waals surface area contributed by atoms with Gasteiger partial charge in [-0.2, -0.15) is 5.10 Å². The fraction of sp³-hybridized carbons (Fsp3) is 0.292. The second-order valence-electron chi connectivity index (χ2n) is 7.16. The number of hydrogen-bond donors (Lipinski definition) is 1. The average molecular weight is 453 g/mol. The molecule has 3 rings (SSSR count). The lowest BCUT2D eigenvalue weighted by Crippen LogP contribution is -2.36. The van der Waals surface area contributed by atoms with Crippen molar-refractivity contribution in [3.05, 3.63) is 64.4 Å². The van der Waals surface area contributed by atoms with E-state index < -0.39 is 6.04 Å². The molecule has 1 heterocycles. The minimum atomic E-state index is -0.822. The highest BCUT2D eigenvalue weighted by Crippen LogP contribution is 2.38. The van der Waals surface area contributed by atoms with Gasteiger partial charge in [0.1, 0.15) is 11.8 Å². The molecule has 0 fully saturated rings. The number of amides is 1. The highest BCUT2D eigenvalue weighted by atomic mass is 16.5. The normalized spacial score (nSPS) is 11.4. The Morgan fingerprint density at radius 2 is 1.58 bits per heavy atom. The lowest BCUT2D eigenvalue weighted by atomic mass is 10.1. The third kappa shape index (κ3) is 5.25. The van der Waals surface area contributed by atoms with Gasteiger partial charge in [-0.15, -0.1) is 0 Å². The Hall–Kier alpha value is -4.01. The highest BCUT2D eigenvalue weighted by Gasteiger charge is 2.19. The van der Waals surface area contributed by atoms with Crippen LogP contribution in [-0.2, 0) is 11.3 Å². The van der Waals surface area contributed by atoms with Crippen molar-refractivity contribution in [2.45, 2.75) is 19.5 Å². The van der Waals surface area contributed by atoms with Crippen molar-refractivity contribution in [2.24, 2.45) is 0 Å². The van der Waals surface area contributed by atoms with Crippen LogP contribution in [0.15, 0.2) is 53.3 Å².